The number of para-hydroxylation sites is 1. The number of ether oxygens (including phenoxy) is 1. The molecular weight excluding hydrogens is 470 g/mol. The molecule has 2 amide bonds. The van der Waals surface area contributed by atoms with Crippen LogP contribution in [0.25, 0.3) is 6.08 Å². The third kappa shape index (κ3) is 5.78. The quantitative estimate of drug-likeness (QED) is 0.334. The molecule has 1 aliphatic carbocycles. The van der Waals surface area contributed by atoms with Gasteiger partial charge in [-0.25, -0.2) is 0 Å². The van der Waals surface area contributed by atoms with Crippen LogP contribution in [0.4, 0.5) is 0 Å². The predicted molar refractivity (Wildman–Crippen MR) is 141 cm³/mol. The van der Waals surface area contributed by atoms with Crippen LogP contribution in [0.3, 0.4) is 0 Å². The minimum Gasteiger partial charge on any atom is -0.508 e. The van der Waals surface area contributed by atoms with Gasteiger partial charge in [-0.05, 0) is 66.7 Å². The number of hydrogen-bond donors (Lipinski definition) is 3. The van der Waals surface area contributed by atoms with Crippen molar-refractivity contribution in [2.45, 2.75) is 38.7 Å². The van der Waals surface area contributed by atoms with Crippen LogP contribution in [-0.2, 0) is 9.59 Å². The summed E-state index contributed by atoms with van der Waals surface area (Å²) in [5.41, 5.74) is 3.49. The lowest BCUT2D eigenvalue weighted by molar-refractivity contribution is -0.138. The molecule has 0 radical (unpaired) electrons. The third-order valence-corrected chi connectivity index (χ3v) is 7.57. The number of aliphatic hydroxyl groups excluding tert-OH is 2. The van der Waals surface area contributed by atoms with Crippen molar-refractivity contribution in [3.63, 3.8) is 0 Å². The molecular formula is C30H35NO6. The van der Waals surface area contributed by atoms with E-state index < -0.39 is 23.9 Å². The van der Waals surface area contributed by atoms with Crippen molar-refractivity contribution in [1.82, 2.24) is 4.90 Å². The number of carbonyl (C=O) groups is 2. The van der Waals surface area contributed by atoms with E-state index in [1.165, 1.54) is 7.05 Å². The average Bonchev–Trinajstić information content (AvgIpc) is 3.13. The number of phenols is 1. The Balaban J connectivity index is 1.60. The number of fused-ring (bicyclic) bond motifs is 1. The number of nitrogens with zero attached hydrogens (tertiary/aromatic N) is 1. The number of aliphatic hydroxyl groups is 2. The summed E-state index contributed by atoms with van der Waals surface area (Å²) in [5, 5.41) is 31.4. The van der Waals surface area contributed by atoms with E-state index in [4.69, 9.17) is 4.74 Å². The Morgan fingerprint density at radius 3 is 2.46 bits per heavy atom. The van der Waals surface area contributed by atoms with Gasteiger partial charge in [0.1, 0.15) is 18.1 Å². The summed E-state index contributed by atoms with van der Waals surface area (Å²) in [6, 6.07) is 16.3. The van der Waals surface area contributed by atoms with Crippen molar-refractivity contribution < 1.29 is 29.6 Å². The van der Waals surface area contributed by atoms with Crippen molar-refractivity contribution >= 4 is 17.9 Å². The molecule has 4 atom stereocenters. The van der Waals surface area contributed by atoms with Crippen molar-refractivity contribution in [3.8, 4) is 11.5 Å². The van der Waals surface area contributed by atoms with Crippen LogP contribution >= 0.6 is 0 Å². The lowest BCUT2D eigenvalue weighted by atomic mass is 9.68. The SMILES string of the molecule is CC/C(=C\c1ccc(O)cc1)CC[C@@H](O)C1=C(COc2ccccc2)C[C@H]2C(=O)N(C)C(=O)[C@H]2[C@H]1CO. The van der Waals surface area contributed by atoms with E-state index in [0.29, 0.717) is 30.6 Å². The van der Waals surface area contributed by atoms with E-state index in [2.05, 4.69) is 13.0 Å². The number of likely N-dealkylation sites (tertiary alicyclic amines) is 1. The average molecular weight is 506 g/mol. The standard InChI is InChI=1S/C30H35NO6/c1-3-19(15-20-9-12-22(33)13-10-20)11-14-26(34)27-21(18-37-23-7-5-4-6-8-23)16-24-28(25(27)17-32)30(36)31(2)29(24)35/h4-10,12-13,15,24-26,28,32-34H,3,11,14,16-18H2,1-2H3/b19-15+/t24-,25+,26-,28-/m1/s1. The fourth-order valence-corrected chi connectivity index (χ4v) is 5.57. The maximum Gasteiger partial charge on any atom is 0.233 e. The molecule has 7 nitrogen and oxygen atoms in total. The van der Waals surface area contributed by atoms with Crippen LogP contribution in [0, 0.1) is 17.8 Å². The van der Waals surface area contributed by atoms with Gasteiger partial charge < -0.3 is 20.1 Å². The first kappa shape index (κ1) is 26.6. The monoisotopic (exact) mass is 505 g/mol. The van der Waals surface area contributed by atoms with Gasteiger partial charge in [0.2, 0.25) is 11.8 Å². The smallest absolute Gasteiger partial charge is 0.233 e. The Labute approximate surface area is 217 Å². The van der Waals surface area contributed by atoms with Crippen molar-refractivity contribution in [2.24, 2.45) is 17.8 Å². The lowest BCUT2D eigenvalue weighted by Crippen LogP contribution is -2.39. The Morgan fingerprint density at radius 1 is 1.11 bits per heavy atom. The summed E-state index contributed by atoms with van der Waals surface area (Å²) in [6.07, 6.45) is 3.30. The highest BCUT2D eigenvalue weighted by Crippen LogP contribution is 2.46. The van der Waals surface area contributed by atoms with E-state index in [9.17, 15) is 24.9 Å². The van der Waals surface area contributed by atoms with Crippen LogP contribution in [0.2, 0.25) is 0 Å². The van der Waals surface area contributed by atoms with Gasteiger partial charge in [-0.1, -0.05) is 48.9 Å². The third-order valence-electron chi connectivity index (χ3n) is 7.57. The molecule has 1 heterocycles. The van der Waals surface area contributed by atoms with Gasteiger partial charge in [0.25, 0.3) is 0 Å². The number of amides is 2. The second-order valence-electron chi connectivity index (χ2n) is 9.82. The molecule has 2 aromatic rings. The van der Waals surface area contributed by atoms with Crippen LogP contribution in [-0.4, -0.2) is 58.4 Å². The molecule has 2 aliphatic rings. The van der Waals surface area contributed by atoms with Crippen molar-refractivity contribution in [2.75, 3.05) is 20.3 Å². The van der Waals surface area contributed by atoms with Gasteiger partial charge in [-0.3, -0.25) is 14.5 Å². The summed E-state index contributed by atoms with van der Waals surface area (Å²) in [4.78, 5) is 26.9. The highest BCUT2D eigenvalue weighted by atomic mass is 16.5. The highest BCUT2D eigenvalue weighted by Gasteiger charge is 2.53. The normalized spacial score (nSPS) is 22.9. The zero-order valence-corrected chi connectivity index (χ0v) is 21.3. The number of imide groups is 1. The molecule has 0 unspecified atom stereocenters. The van der Waals surface area contributed by atoms with E-state index in [0.717, 1.165) is 28.0 Å². The molecule has 37 heavy (non-hydrogen) atoms. The van der Waals surface area contributed by atoms with Crippen LogP contribution in [0.1, 0.15) is 38.2 Å². The summed E-state index contributed by atoms with van der Waals surface area (Å²) in [6.45, 7) is 1.89. The number of allylic oxidation sites excluding steroid dienone is 1. The number of phenolic OH excluding ortho intramolecular Hbond substituents is 1. The molecule has 1 fully saturated rings. The molecule has 7 heteroatoms. The summed E-state index contributed by atoms with van der Waals surface area (Å²) >= 11 is 0. The first-order valence-electron chi connectivity index (χ1n) is 12.8. The van der Waals surface area contributed by atoms with Gasteiger partial charge >= 0.3 is 0 Å². The second kappa shape index (κ2) is 11.8. The summed E-state index contributed by atoms with van der Waals surface area (Å²) < 4.78 is 6.00. The van der Waals surface area contributed by atoms with Crippen LogP contribution in [0.5, 0.6) is 11.5 Å². The minimum absolute atomic E-state index is 0.172. The number of carbonyl (C=O) groups excluding carboxylic acids is 2. The zero-order valence-electron chi connectivity index (χ0n) is 21.3. The lowest BCUT2D eigenvalue weighted by Gasteiger charge is -2.36. The zero-order chi connectivity index (χ0) is 26.5. The molecule has 0 spiro atoms. The van der Waals surface area contributed by atoms with E-state index in [1.54, 1.807) is 12.1 Å². The molecule has 1 aliphatic heterocycles. The Kier molecular flexibility index (Phi) is 8.46. The fourth-order valence-electron chi connectivity index (χ4n) is 5.57. The molecule has 196 valence electrons. The first-order valence-corrected chi connectivity index (χ1v) is 12.8. The number of hydrogen-bond acceptors (Lipinski definition) is 6. The van der Waals surface area contributed by atoms with Crippen LogP contribution in [0.15, 0.2) is 71.3 Å². The Hall–Kier alpha value is -3.42. The summed E-state index contributed by atoms with van der Waals surface area (Å²) in [7, 11) is 1.48. The Bertz CT molecular complexity index is 1170. The maximum absolute atomic E-state index is 12.9. The number of benzene rings is 2. The highest BCUT2D eigenvalue weighted by molar-refractivity contribution is 6.05. The minimum atomic E-state index is -0.893. The molecule has 2 aromatic carbocycles. The molecule has 0 aromatic heterocycles. The second-order valence-corrected chi connectivity index (χ2v) is 9.82. The topological polar surface area (TPSA) is 107 Å². The number of aromatic hydroxyl groups is 1. The van der Waals surface area contributed by atoms with Crippen molar-refractivity contribution in [3.05, 3.63) is 76.9 Å². The van der Waals surface area contributed by atoms with Gasteiger partial charge in [-0.15, -0.1) is 0 Å². The summed E-state index contributed by atoms with van der Waals surface area (Å²) in [5.74, 6) is -1.55. The number of rotatable bonds is 10. The van der Waals surface area contributed by atoms with Crippen molar-refractivity contribution in [1.29, 1.82) is 0 Å². The largest absolute Gasteiger partial charge is 0.508 e. The van der Waals surface area contributed by atoms with Gasteiger partial charge in [-0.2, -0.15) is 0 Å². The van der Waals surface area contributed by atoms with Gasteiger partial charge in [0, 0.05) is 13.0 Å². The van der Waals surface area contributed by atoms with E-state index in [-0.39, 0.29) is 30.8 Å². The van der Waals surface area contributed by atoms with E-state index in [1.807, 2.05) is 42.5 Å². The van der Waals surface area contributed by atoms with Gasteiger partial charge in [0.05, 0.1) is 24.5 Å². The predicted octanol–water partition coefficient (Wildman–Crippen LogP) is 3.95. The fraction of sp³-hybridized carbons (Fsp3) is 0.400. The van der Waals surface area contributed by atoms with Crippen LogP contribution < -0.4 is 4.74 Å². The molecule has 0 bridgehead atoms. The van der Waals surface area contributed by atoms with E-state index >= 15 is 0 Å². The molecule has 4 rings (SSSR count). The Morgan fingerprint density at radius 2 is 1.81 bits per heavy atom. The maximum atomic E-state index is 12.9. The first-order chi connectivity index (χ1) is 17.8. The molecule has 0 saturated carbocycles. The van der Waals surface area contributed by atoms with Gasteiger partial charge in [0.15, 0.2) is 0 Å². The molecule has 3 N–H and O–H groups in total. The molecule has 1 saturated heterocycles.